The molecule has 0 heterocycles. The topological polar surface area (TPSA) is 46.2 Å². The lowest BCUT2D eigenvalue weighted by Gasteiger charge is -2.16. The number of hydrogen-bond donors (Lipinski definition) is 1. The smallest absolute Gasteiger partial charge is 0.213 e. The Balaban J connectivity index is 0.000000690. The molecule has 0 saturated carbocycles. The Bertz CT molecular complexity index is 458. The molecular weight excluding hydrogens is 293 g/mol. The van der Waals surface area contributed by atoms with Gasteiger partial charge in [-0.3, -0.25) is 9.59 Å². The molecule has 0 saturated heterocycles. The number of halogens is 2. The van der Waals surface area contributed by atoms with E-state index in [4.69, 9.17) is 21.2 Å². The fraction of sp³-hybridized carbons (Fsp3) is 0.500. The van der Waals surface area contributed by atoms with Crippen molar-refractivity contribution in [2.45, 2.75) is 52.4 Å². The fourth-order valence-corrected chi connectivity index (χ4v) is 2.37. The molecule has 21 heavy (non-hydrogen) atoms. The van der Waals surface area contributed by atoms with Gasteiger partial charge in [0.05, 0.1) is 0 Å². The van der Waals surface area contributed by atoms with Crippen LogP contribution in [0.3, 0.4) is 0 Å². The lowest BCUT2D eigenvalue weighted by molar-refractivity contribution is -0.117. The molecule has 1 rings (SSSR count). The van der Waals surface area contributed by atoms with E-state index in [2.05, 4.69) is 13.8 Å². The van der Waals surface area contributed by atoms with E-state index in [1.807, 2.05) is 13.8 Å². The van der Waals surface area contributed by atoms with Crippen LogP contribution in [0.25, 0.3) is 0 Å². The molecule has 0 aromatic heterocycles. The first-order valence-electron chi connectivity index (χ1n) is 7.01. The third-order valence-electron chi connectivity index (χ3n) is 3.13. The van der Waals surface area contributed by atoms with Gasteiger partial charge in [0.25, 0.3) is 0 Å². The molecule has 0 bridgehead atoms. The molecule has 118 valence electrons. The third-order valence-corrected chi connectivity index (χ3v) is 3.45. The molecule has 1 aromatic carbocycles. The molecule has 0 fully saturated rings. The van der Waals surface area contributed by atoms with Crippen LogP contribution in [0.1, 0.15) is 63.5 Å². The van der Waals surface area contributed by atoms with Gasteiger partial charge >= 0.3 is 0 Å². The third kappa shape index (κ3) is 6.71. The number of imide groups is 1. The normalized spacial score (nSPS) is 11.4. The van der Waals surface area contributed by atoms with E-state index in [9.17, 15) is 4.39 Å². The first-order valence-corrected chi connectivity index (χ1v) is 7.38. The summed E-state index contributed by atoms with van der Waals surface area (Å²) < 4.78 is 13.8. The minimum absolute atomic E-state index is 0.127. The molecular formula is C16H23ClFNO2. The predicted octanol–water partition coefficient (Wildman–Crippen LogP) is 4.39. The second-order valence-electron chi connectivity index (χ2n) is 5.14. The molecule has 0 aliphatic carbocycles. The van der Waals surface area contributed by atoms with Crippen LogP contribution < -0.4 is 5.32 Å². The van der Waals surface area contributed by atoms with Crippen molar-refractivity contribution in [3.63, 3.8) is 0 Å². The van der Waals surface area contributed by atoms with Crippen LogP contribution in [-0.2, 0) is 9.59 Å². The average Bonchev–Trinajstić information content (AvgIpc) is 2.42. The molecule has 5 heteroatoms. The molecule has 1 N–H and O–H groups in total. The highest BCUT2D eigenvalue weighted by Gasteiger charge is 2.15. The van der Waals surface area contributed by atoms with Gasteiger partial charge in [-0.1, -0.05) is 45.7 Å². The highest BCUT2D eigenvalue weighted by molar-refractivity contribution is 6.31. The summed E-state index contributed by atoms with van der Waals surface area (Å²) in [4.78, 5) is 18.1. The van der Waals surface area contributed by atoms with E-state index < -0.39 is 0 Å². The molecule has 0 aliphatic heterocycles. The SMILES string of the molecule is CCCC(C)c1cc(F)c(C(C)C)cc1Cl.O=CNC=O. The average molecular weight is 316 g/mol. The zero-order valence-corrected chi connectivity index (χ0v) is 13.7. The molecule has 0 spiro atoms. The summed E-state index contributed by atoms with van der Waals surface area (Å²) in [7, 11) is 0. The first-order chi connectivity index (χ1) is 9.88. The summed E-state index contributed by atoms with van der Waals surface area (Å²) in [6.07, 6.45) is 2.76. The Morgan fingerprint density at radius 2 is 1.76 bits per heavy atom. The monoisotopic (exact) mass is 315 g/mol. The van der Waals surface area contributed by atoms with E-state index in [1.165, 1.54) is 0 Å². The van der Waals surface area contributed by atoms with Crippen molar-refractivity contribution in [1.29, 1.82) is 0 Å². The number of carbonyl (C=O) groups excluding carboxylic acids is 2. The van der Waals surface area contributed by atoms with Gasteiger partial charge in [-0.25, -0.2) is 4.39 Å². The number of hydrogen-bond acceptors (Lipinski definition) is 2. The minimum Gasteiger partial charge on any atom is -0.302 e. The highest BCUT2D eigenvalue weighted by atomic mass is 35.5. The van der Waals surface area contributed by atoms with Crippen molar-refractivity contribution in [2.75, 3.05) is 0 Å². The molecule has 3 nitrogen and oxygen atoms in total. The van der Waals surface area contributed by atoms with Gasteiger partial charge in [-0.2, -0.15) is 0 Å². The Hall–Kier alpha value is -1.42. The summed E-state index contributed by atoms with van der Waals surface area (Å²) in [5, 5.41) is 2.45. The quantitative estimate of drug-likeness (QED) is 0.791. The predicted molar refractivity (Wildman–Crippen MR) is 84.1 cm³/mol. The maximum atomic E-state index is 13.8. The van der Waals surface area contributed by atoms with Crippen molar-refractivity contribution in [2.24, 2.45) is 0 Å². The zero-order chi connectivity index (χ0) is 16.4. The lowest BCUT2D eigenvalue weighted by atomic mass is 9.93. The minimum atomic E-state index is -0.127. The standard InChI is InChI=1S/C14H20ClF.C2H3NO2/c1-5-6-10(4)12-8-14(16)11(9(2)3)7-13(12)15;4-1-3-2-5/h7-10H,5-6H2,1-4H3;1-2H,(H,3,4,5). The van der Waals surface area contributed by atoms with Crippen LogP contribution >= 0.6 is 11.6 Å². The van der Waals surface area contributed by atoms with Crippen molar-refractivity contribution in [3.8, 4) is 0 Å². The van der Waals surface area contributed by atoms with Crippen LogP contribution in [0, 0.1) is 5.82 Å². The molecule has 0 aliphatic rings. The molecule has 0 radical (unpaired) electrons. The summed E-state index contributed by atoms with van der Waals surface area (Å²) in [5.74, 6) is 0.374. The number of carbonyl (C=O) groups is 2. The summed E-state index contributed by atoms with van der Waals surface area (Å²) in [6.45, 7) is 8.18. The second-order valence-corrected chi connectivity index (χ2v) is 5.55. The summed E-state index contributed by atoms with van der Waals surface area (Å²) in [6, 6.07) is 3.39. The van der Waals surface area contributed by atoms with Crippen LogP contribution in [-0.4, -0.2) is 12.8 Å². The van der Waals surface area contributed by atoms with Crippen molar-refractivity contribution >= 4 is 24.4 Å². The van der Waals surface area contributed by atoms with E-state index in [1.54, 1.807) is 17.4 Å². The van der Waals surface area contributed by atoms with Gasteiger partial charge in [0.15, 0.2) is 0 Å². The van der Waals surface area contributed by atoms with Gasteiger partial charge in [0, 0.05) is 5.02 Å². The largest absolute Gasteiger partial charge is 0.302 e. The maximum absolute atomic E-state index is 13.8. The van der Waals surface area contributed by atoms with E-state index >= 15 is 0 Å². The van der Waals surface area contributed by atoms with Crippen molar-refractivity contribution < 1.29 is 14.0 Å². The molecule has 1 aromatic rings. The Labute approximate surface area is 130 Å². The Kier molecular flexibility index (Phi) is 9.63. The Morgan fingerprint density at radius 1 is 1.19 bits per heavy atom. The molecule has 1 atom stereocenters. The van der Waals surface area contributed by atoms with Crippen molar-refractivity contribution in [3.05, 3.63) is 34.1 Å². The molecule has 1 unspecified atom stereocenters. The highest BCUT2D eigenvalue weighted by Crippen LogP contribution is 2.32. The number of nitrogens with one attached hydrogen (secondary N) is 1. The fourth-order valence-electron chi connectivity index (χ4n) is 2.01. The number of benzene rings is 1. The molecule has 2 amide bonds. The van der Waals surface area contributed by atoms with E-state index in [0.717, 1.165) is 18.4 Å². The Morgan fingerprint density at radius 3 is 2.14 bits per heavy atom. The maximum Gasteiger partial charge on any atom is 0.213 e. The van der Waals surface area contributed by atoms with Gasteiger partial charge in [0.1, 0.15) is 5.82 Å². The van der Waals surface area contributed by atoms with Crippen LogP contribution in [0.2, 0.25) is 5.02 Å². The lowest BCUT2D eigenvalue weighted by Crippen LogP contribution is -2.04. The van der Waals surface area contributed by atoms with Gasteiger partial charge < -0.3 is 5.32 Å². The number of rotatable bonds is 6. The van der Waals surface area contributed by atoms with Gasteiger partial charge in [-0.05, 0) is 41.5 Å². The van der Waals surface area contributed by atoms with Crippen LogP contribution in [0.5, 0.6) is 0 Å². The summed E-state index contributed by atoms with van der Waals surface area (Å²) in [5.41, 5.74) is 1.64. The number of amides is 2. The van der Waals surface area contributed by atoms with Crippen LogP contribution in [0.4, 0.5) is 4.39 Å². The van der Waals surface area contributed by atoms with E-state index in [-0.39, 0.29) is 11.7 Å². The van der Waals surface area contributed by atoms with Gasteiger partial charge in [-0.15, -0.1) is 0 Å². The van der Waals surface area contributed by atoms with Crippen LogP contribution in [0.15, 0.2) is 12.1 Å². The van der Waals surface area contributed by atoms with Crippen molar-refractivity contribution in [1.82, 2.24) is 5.32 Å². The van der Waals surface area contributed by atoms with Gasteiger partial charge in [0.2, 0.25) is 12.8 Å². The first kappa shape index (κ1) is 19.6. The second kappa shape index (κ2) is 10.3. The zero-order valence-electron chi connectivity index (χ0n) is 13.0. The van der Waals surface area contributed by atoms with E-state index in [0.29, 0.717) is 29.3 Å². The summed E-state index contributed by atoms with van der Waals surface area (Å²) >= 11 is 6.21.